The fraction of sp³-hybridized carbons (Fsp3) is 0.462. The van der Waals surface area contributed by atoms with Gasteiger partial charge in [-0.05, 0) is 50.4 Å². The molecular weight excluding hydrogens is 400 g/mol. The van der Waals surface area contributed by atoms with Crippen LogP contribution in [0.4, 0.5) is 5.69 Å². The molecule has 4 rings (SSSR count). The van der Waals surface area contributed by atoms with E-state index in [-0.39, 0.29) is 5.56 Å². The van der Waals surface area contributed by atoms with E-state index < -0.39 is 0 Å². The van der Waals surface area contributed by atoms with E-state index in [9.17, 15) is 4.79 Å². The summed E-state index contributed by atoms with van der Waals surface area (Å²) < 4.78 is 5.63. The molecule has 1 saturated carbocycles. The second-order valence-corrected chi connectivity index (χ2v) is 8.63. The van der Waals surface area contributed by atoms with Crippen LogP contribution in [0, 0.1) is 0 Å². The van der Waals surface area contributed by atoms with Crippen molar-refractivity contribution in [3.8, 4) is 11.3 Å². The van der Waals surface area contributed by atoms with Crippen LogP contribution >= 0.6 is 0 Å². The molecule has 0 saturated heterocycles. The average Bonchev–Trinajstić information content (AvgIpc) is 2.84. The molecule has 2 unspecified atom stereocenters. The Kier molecular flexibility index (Phi) is 7.91. The lowest BCUT2D eigenvalue weighted by molar-refractivity contribution is 0.0419. The summed E-state index contributed by atoms with van der Waals surface area (Å²) in [5.74, 6) is 0. The molecule has 1 aliphatic carbocycles. The molecular formula is C26H34N4O2. The fourth-order valence-electron chi connectivity index (χ4n) is 4.67. The van der Waals surface area contributed by atoms with Crippen molar-refractivity contribution >= 4 is 16.5 Å². The number of rotatable bonds is 10. The molecule has 2 atom stereocenters. The summed E-state index contributed by atoms with van der Waals surface area (Å²) in [5.41, 5.74) is 2.70. The van der Waals surface area contributed by atoms with Crippen molar-refractivity contribution in [3.63, 3.8) is 0 Å². The van der Waals surface area contributed by atoms with Gasteiger partial charge in [-0.15, -0.1) is 0 Å². The van der Waals surface area contributed by atoms with Crippen molar-refractivity contribution < 1.29 is 4.74 Å². The van der Waals surface area contributed by atoms with Gasteiger partial charge >= 0.3 is 0 Å². The van der Waals surface area contributed by atoms with E-state index in [2.05, 4.69) is 33.0 Å². The summed E-state index contributed by atoms with van der Waals surface area (Å²) in [5, 5.41) is 15.7. The van der Waals surface area contributed by atoms with Gasteiger partial charge in [-0.2, -0.15) is 5.10 Å². The Balaban J connectivity index is 1.25. The van der Waals surface area contributed by atoms with Gasteiger partial charge < -0.3 is 15.4 Å². The highest BCUT2D eigenvalue weighted by Gasteiger charge is 2.23. The number of ether oxygens (including phenoxy) is 1. The summed E-state index contributed by atoms with van der Waals surface area (Å²) in [6.45, 7) is 2.00. The smallest absolute Gasteiger partial charge is 0.272 e. The average molecular weight is 435 g/mol. The molecule has 32 heavy (non-hydrogen) atoms. The van der Waals surface area contributed by atoms with Gasteiger partial charge in [0.05, 0.1) is 17.2 Å². The van der Waals surface area contributed by atoms with Gasteiger partial charge in [-0.3, -0.25) is 4.79 Å². The minimum Gasteiger partial charge on any atom is -0.385 e. The number of nitrogens with one attached hydrogen (secondary N) is 3. The first-order valence-electron chi connectivity index (χ1n) is 11.8. The summed E-state index contributed by atoms with van der Waals surface area (Å²) >= 11 is 0. The molecule has 1 aliphatic rings. The Bertz CT molecular complexity index is 1060. The van der Waals surface area contributed by atoms with Gasteiger partial charge in [0.2, 0.25) is 0 Å². The van der Waals surface area contributed by atoms with Crippen molar-refractivity contribution in [1.82, 2.24) is 15.5 Å². The van der Waals surface area contributed by atoms with Crippen LogP contribution in [0.5, 0.6) is 0 Å². The van der Waals surface area contributed by atoms with Crippen LogP contribution < -0.4 is 16.2 Å². The first-order valence-corrected chi connectivity index (χ1v) is 11.8. The number of benzene rings is 2. The third-order valence-electron chi connectivity index (χ3n) is 6.43. The zero-order valence-corrected chi connectivity index (χ0v) is 18.9. The van der Waals surface area contributed by atoms with E-state index in [1.54, 1.807) is 0 Å². The third kappa shape index (κ3) is 5.56. The van der Waals surface area contributed by atoms with Crippen molar-refractivity contribution in [1.29, 1.82) is 0 Å². The van der Waals surface area contributed by atoms with E-state index >= 15 is 0 Å². The Labute approximate surface area is 189 Å². The lowest BCUT2D eigenvalue weighted by atomic mass is 9.92. The van der Waals surface area contributed by atoms with Gasteiger partial charge in [-0.1, -0.05) is 49.6 Å². The van der Waals surface area contributed by atoms with Crippen LogP contribution in [-0.4, -0.2) is 42.5 Å². The molecule has 170 valence electrons. The van der Waals surface area contributed by atoms with Crippen LogP contribution in [0.2, 0.25) is 0 Å². The second kappa shape index (κ2) is 11.2. The van der Waals surface area contributed by atoms with Crippen LogP contribution in [-0.2, 0) is 4.74 Å². The first kappa shape index (κ1) is 22.5. The van der Waals surface area contributed by atoms with Crippen molar-refractivity contribution in [2.45, 2.75) is 57.1 Å². The second-order valence-electron chi connectivity index (χ2n) is 8.63. The lowest BCUT2D eigenvalue weighted by Gasteiger charge is -2.31. The van der Waals surface area contributed by atoms with Gasteiger partial charge in [0, 0.05) is 36.3 Å². The highest BCUT2D eigenvalue weighted by atomic mass is 16.5. The minimum absolute atomic E-state index is 0.158. The maximum Gasteiger partial charge on any atom is 0.272 e. The zero-order chi connectivity index (χ0) is 22.2. The maximum atomic E-state index is 12.1. The molecule has 3 N–H and O–H groups in total. The highest BCUT2D eigenvalue weighted by molar-refractivity contribution is 5.94. The highest BCUT2D eigenvalue weighted by Crippen LogP contribution is 2.26. The number of H-pyrrole nitrogens is 1. The zero-order valence-electron chi connectivity index (χ0n) is 18.9. The molecule has 0 spiro atoms. The molecule has 2 aromatic carbocycles. The predicted octanol–water partition coefficient (Wildman–Crippen LogP) is 4.72. The number of fused-ring (bicyclic) bond motifs is 1. The van der Waals surface area contributed by atoms with E-state index in [4.69, 9.17) is 4.74 Å². The van der Waals surface area contributed by atoms with Gasteiger partial charge in [0.25, 0.3) is 5.56 Å². The van der Waals surface area contributed by atoms with Crippen LogP contribution in [0.25, 0.3) is 22.0 Å². The van der Waals surface area contributed by atoms with Crippen molar-refractivity contribution in [3.05, 3.63) is 58.9 Å². The molecule has 0 aliphatic heterocycles. The monoisotopic (exact) mass is 434 g/mol. The number of aromatic nitrogens is 2. The van der Waals surface area contributed by atoms with E-state index in [0.29, 0.717) is 17.5 Å². The number of anilines is 1. The third-order valence-corrected chi connectivity index (χ3v) is 6.43. The first-order chi connectivity index (χ1) is 15.8. The molecule has 0 radical (unpaired) electrons. The molecule has 1 heterocycles. The van der Waals surface area contributed by atoms with Gasteiger partial charge in [-0.25, -0.2) is 5.10 Å². The van der Waals surface area contributed by atoms with E-state index in [1.165, 1.54) is 38.5 Å². The summed E-state index contributed by atoms with van der Waals surface area (Å²) in [6, 6.07) is 16.3. The molecule has 6 nitrogen and oxygen atoms in total. The molecule has 6 heteroatoms. The van der Waals surface area contributed by atoms with Crippen LogP contribution in [0.15, 0.2) is 53.3 Å². The van der Waals surface area contributed by atoms with Gasteiger partial charge in [0.1, 0.15) is 0 Å². The molecule has 3 aromatic rings. The molecule has 1 fully saturated rings. The SMILES string of the molecule is COC1CCCCC1NCCCCCNc1cccc(-c2n[nH]c(=O)c3ccccc23)c1. The predicted molar refractivity (Wildman–Crippen MR) is 131 cm³/mol. The Hall–Kier alpha value is -2.70. The van der Waals surface area contributed by atoms with Crippen LogP contribution in [0.3, 0.4) is 0 Å². The lowest BCUT2D eigenvalue weighted by Crippen LogP contribution is -2.43. The Morgan fingerprint density at radius 2 is 1.81 bits per heavy atom. The number of hydrogen-bond donors (Lipinski definition) is 3. The van der Waals surface area contributed by atoms with Crippen LogP contribution in [0.1, 0.15) is 44.9 Å². The number of unbranched alkanes of at least 4 members (excludes halogenated alkanes) is 2. The normalized spacial score (nSPS) is 18.7. The van der Waals surface area contributed by atoms with E-state index in [1.807, 2.05) is 43.5 Å². The standard InChI is InChI=1S/C26H34N4O2/c1-32-24-15-6-5-14-23(24)28-17-8-2-7-16-27-20-11-9-10-19(18-20)25-21-12-3-4-13-22(21)26(31)30-29-25/h3-4,9-13,18,23-24,27-28H,2,5-8,14-17H2,1H3,(H,30,31). The number of hydrogen-bond acceptors (Lipinski definition) is 5. The summed E-state index contributed by atoms with van der Waals surface area (Å²) in [6.07, 6.45) is 8.90. The molecule has 0 amide bonds. The molecule has 1 aromatic heterocycles. The maximum absolute atomic E-state index is 12.1. The number of methoxy groups -OCH3 is 1. The summed E-state index contributed by atoms with van der Waals surface area (Å²) in [7, 11) is 1.83. The summed E-state index contributed by atoms with van der Waals surface area (Å²) in [4.78, 5) is 12.1. The van der Waals surface area contributed by atoms with Gasteiger partial charge in [0.15, 0.2) is 0 Å². The number of nitrogens with zero attached hydrogens (tertiary/aromatic N) is 1. The van der Waals surface area contributed by atoms with E-state index in [0.717, 1.165) is 41.8 Å². The molecule has 0 bridgehead atoms. The Morgan fingerprint density at radius 3 is 2.69 bits per heavy atom. The Morgan fingerprint density at radius 1 is 1.00 bits per heavy atom. The van der Waals surface area contributed by atoms with Crippen molar-refractivity contribution in [2.24, 2.45) is 0 Å². The van der Waals surface area contributed by atoms with Crippen molar-refractivity contribution in [2.75, 3.05) is 25.5 Å². The largest absolute Gasteiger partial charge is 0.385 e. The number of aromatic amines is 1. The fourth-order valence-corrected chi connectivity index (χ4v) is 4.67. The minimum atomic E-state index is -0.158. The quantitative estimate of drug-likeness (QED) is 0.403. The topological polar surface area (TPSA) is 79.0 Å².